The van der Waals surface area contributed by atoms with E-state index in [0.717, 1.165) is 18.9 Å². The van der Waals surface area contributed by atoms with Crippen molar-refractivity contribution < 1.29 is 18.7 Å². The van der Waals surface area contributed by atoms with Gasteiger partial charge in [-0.05, 0) is 42.6 Å². The second-order valence-electron chi connectivity index (χ2n) is 8.03. The van der Waals surface area contributed by atoms with E-state index in [1.807, 2.05) is 6.07 Å². The number of hydrogen-bond acceptors (Lipinski definition) is 7. The summed E-state index contributed by atoms with van der Waals surface area (Å²) >= 11 is 0. The molecule has 1 saturated heterocycles. The molecule has 0 spiro atoms. The number of hydrogen-bond donors (Lipinski definition) is 5. The summed E-state index contributed by atoms with van der Waals surface area (Å²) in [7, 11) is 1.57. The first-order valence-electron chi connectivity index (χ1n) is 11.5. The molecule has 0 aromatic heterocycles. The van der Waals surface area contributed by atoms with E-state index >= 15 is 0 Å². The number of amides is 3. The molecule has 1 aliphatic rings. The van der Waals surface area contributed by atoms with E-state index in [2.05, 4.69) is 31.3 Å². The lowest BCUT2D eigenvalue weighted by Crippen LogP contribution is -2.40. The molecule has 3 amide bonds. The molecule has 13 heteroatoms. The first kappa shape index (κ1) is 26.8. The Kier molecular flexibility index (Phi) is 9.68. The van der Waals surface area contributed by atoms with Gasteiger partial charge in [0.25, 0.3) is 0 Å². The van der Waals surface area contributed by atoms with Gasteiger partial charge in [0.15, 0.2) is 11.6 Å². The van der Waals surface area contributed by atoms with Crippen molar-refractivity contribution in [2.75, 3.05) is 30.8 Å². The third-order valence-electron chi connectivity index (χ3n) is 5.29. The van der Waals surface area contributed by atoms with Crippen LogP contribution in [0.25, 0.3) is 10.4 Å². The number of urea groups is 1. The predicted octanol–water partition coefficient (Wildman–Crippen LogP) is 4.13. The van der Waals surface area contributed by atoms with E-state index in [0.29, 0.717) is 18.8 Å². The molecule has 2 aromatic rings. The Labute approximate surface area is 213 Å². The first-order chi connectivity index (χ1) is 17.9. The highest BCUT2D eigenvalue weighted by Gasteiger charge is 2.19. The standard InChI is InChI=1S/C24H28FN9O3/c1-28-21(31-24(36)34-11-5-6-12-34)14-20(26)37-19-10-9-17(13-18(19)25)29-22(32-33-27)15-23(35)30-16-7-3-2-4-8-16/h2-4,7-10,13-14,22,26,28-29H,5-6,11-12,15H2,1H3,(H,30,35)(H,31,36)/b21-14+,26-20?. The van der Waals surface area contributed by atoms with Gasteiger partial charge < -0.3 is 25.6 Å². The number of rotatable bonds is 10. The average Bonchev–Trinajstić information content (AvgIpc) is 3.41. The molecule has 0 aliphatic carbocycles. The van der Waals surface area contributed by atoms with Crippen LogP contribution in [0.15, 0.2) is 65.5 Å². The fraction of sp³-hybridized carbons (Fsp3) is 0.292. The van der Waals surface area contributed by atoms with E-state index < -0.39 is 23.8 Å². The van der Waals surface area contributed by atoms with E-state index in [1.165, 1.54) is 18.2 Å². The van der Waals surface area contributed by atoms with Gasteiger partial charge >= 0.3 is 6.03 Å². The average molecular weight is 510 g/mol. The first-order valence-corrected chi connectivity index (χ1v) is 11.5. The van der Waals surface area contributed by atoms with Crippen molar-refractivity contribution in [1.82, 2.24) is 15.5 Å². The summed E-state index contributed by atoms with van der Waals surface area (Å²) < 4.78 is 19.9. The molecule has 37 heavy (non-hydrogen) atoms. The zero-order valence-corrected chi connectivity index (χ0v) is 20.2. The maximum Gasteiger partial charge on any atom is 0.322 e. The van der Waals surface area contributed by atoms with Crippen LogP contribution in [0, 0.1) is 11.2 Å². The van der Waals surface area contributed by atoms with Crippen LogP contribution in [0.2, 0.25) is 0 Å². The molecule has 0 radical (unpaired) electrons. The maximum absolute atomic E-state index is 14.7. The molecule has 0 saturated carbocycles. The van der Waals surface area contributed by atoms with Crippen molar-refractivity contribution in [2.45, 2.75) is 25.4 Å². The SMILES string of the molecule is CN/C(=C\C(=N)Oc1ccc(NC(CC(=O)Nc2ccccc2)N=[N+]=[N-])cc1F)NC(=O)N1CCCC1. The van der Waals surface area contributed by atoms with E-state index in [4.69, 9.17) is 15.7 Å². The summed E-state index contributed by atoms with van der Waals surface area (Å²) in [5, 5.41) is 22.5. The molecule has 1 unspecified atom stereocenters. The fourth-order valence-electron chi connectivity index (χ4n) is 3.52. The quantitative estimate of drug-likeness (QED) is 0.107. The minimum absolute atomic E-state index is 0.190. The summed E-state index contributed by atoms with van der Waals surface area (Å²) in [5.41, 5.74) is 9.69. The Morgan fingerprint density at radius 1 is 1.22 bits per heavy atom. The molecule has 1 fully saturated rings. The van der Waals surface area contributed by atoms with E-state index in [-0.39, 0.29) is 29.7 Å². The van der Waals surface area contributed by atoms with Crippen LogP contribution in [0.3, 0.4) is 0 Å². The summed E-state index contributed by atoms with van der Waals surface area (Å²) in [5.74, 6) is -1.59. The highest BCUT2D eigenvalue weighted by Crippen LogP contribution is 2.23. The zero-order chi connectivity index (χ0) is 26.6. The molecule has 3 rings (SSSR count). The van der Waals surface area contributed by atoms with Crippen LogP contribution in [-0.4, -0.2) is 49.0 Å². The zero-order valence-electron chi connectivity index (χ0n) is 20.2. The number of para-hydroxylation sites is 1. The summed E-state index contributed by atoms with van der Waals surface area (Å²) in [6, 6.07) is 12.3. The number of nitrogens with zero attached hydrogens (tertiary/aromatic N) is 4. The van der Waals surface area contributed by atoms with E-state index in [9.17, 15) is 14.0 Å². The predicted molar refractivity (Wildman–Crippen MR) is 137 cm³/mol. The Hall–Kier alpha value is -4.77. The number of azide groups is 1. The highest BCUT2D eigenvalue weighted by molar-refractivity contribution is 5.91. The number of carbonyl (C=O) groups excluding carboxylic acids is 2. The summed E-state index contributed by atoms with van der Waals surface area (Å²) in [6.07, 6.45) is 1.95. The minimum Gasteiger partial charge on any atom is -0.436 e. The highest BCUT2D eigenvalue weighted by atomic mass is 19.1. The van der Waals surface area contributed by atoms with Crippen molar-refractivity contribution in [3.05, 3.63) is 76.7 Å². The van der Waals surface area contributed by atoms with Crippen molar-refractivity contribution in [2.24, 2.45) is 5.11 Å². The molecule has 1 aliphatic heterocycles. The molecular formula is C24H28FN9O3. The molecule has 5 N–H and O–H groups in total. The van der Waals surface area contributed by atoms with Gasteiger partial charge in [-0.25, -0.2) is 9.18 Å². The lowest BCUT2D eigenvalue weighted by molar-refractivity contribution is -0.116. The summed E-state index contributed by atoms with van der Waals surface area (Å²) in [4.78, 5) is 28.9. The van der Waals surface area contributed by atoms with Gasteiger partial charge in [0.05, 0.1) is 6.42 Å². The maximum atomic E-state index is 14.7. The van der Waals surface area contributed by atoms with Crippen molar-refractivity contribution in [1.29, 1.82) is 5.41 Å². The van der Waals surface area contributed by atoms with Gasteiger partial charge in [0.1, 0.15) is 12.0 Å². The normalized spacial score (nSPS) is 13.7. The molecule has 0 bridgehead atoms. The third kappa shape index (κ3) is 8.44. The van der Waals surface area contributed by atoms with Crippen molar-refractivity contribution in [3.8, 4) is 5.75 Å². The van der Waals surface area contributed by atoms with Gasteiger partial charge in [0.2, 0.25) is 11.8 Å². The number of benzene rings is 2. The molecular weight excluding hydrogens is 481 g/mol. The fourth-order valence-corrected chi connectivity index (χ4v) is 3.52. The lowest BCUT2D eigenvalue weighted by atomic mass is 10.2. The number of likely N-dealkylation sites (tertiary alicyclic amines) is 1. The minimum atomic E-state index is -0.974. The lowest BCUT2D eigenvalue weighted by Gasteiger charge is -2.18. The number of carbonyl (C=O) groups is 2. The number of anilines is 2. The number of nitrogens with one attached hydrogen (secondary N) is 5. The Morgan fingerprint density at radius 2 is 1.95 bits per heavy atom. The van der Waals surface area contributed by atoms with Gasteiger partial charge in [0, 0.05) is 48.6 Å². The van der Waals surface area contributed by atoms with Gasteiger partial charge in [-0.2, -0.15) is 0 Å². The Bertz CT molecular complexity index is 1190. The second kappa shape index (κ2) is 13.4. The number of halogens is 1. The van der Waals surface area contributed by atoms with Gasteiger partial charge in [-0.1, -0.05) is 23.3 Å². The van der Waals surface area contributed by atoms with Crippen molar-refractivity contribution in [3.63, 3.8) is 0 Å². The van der Waals surface area contributed by atoms with Crippen LogP contribution < -0.4 is 26.0 Å². The van der Waals surface area contributed by atoms with Crippen LogP contribution in [0.1, 0.15) is 19.3 Å². The Balaban J connectivity index is 1.59. The number of ether oxygens (including phenoxy) is 1. The van der Waals surface area contributed by atoms with Crippen LogP contribution in [-0.2, 0) is 4.79 Å². The topological polar surface area (TPSA) is 167 Å². The third-order valence-corrected chi connectivity index (χ3v) is 5.29. The molecule has 194 valence electrons. The largest absolute Gasteiger partial charge is 0.436 e. The van der Waals surface area contributed by atoms with Gasteiger partial charge in [-0.3, -0.25) is 15.5 Å². The summed E-state index contributed by atoms with van der Waals surface area (Å²) in [6.45, 7) is 1.33. The molecule has 1 heterocycles. The van der Waals surface area contributed by atoms with Gasteiger partial charge in [-0.15, -0.1) is 0 Å². The second-order valence-corrected chi connectivity index (χ2v) is 8.03. The van der Waals surface area contributed by atoms with Crippen LogP contribution in [0.5, 0.6) is 5.75 Å². The molecule has 12 nitrogen and oxygen atoms in total. The molecule has 2 aromatic carbocycles. The van der Waals surface area contributed by atoms with E-state index in [1.54, 1.807) is 36.2 Å². The smallest absolute Gasteiger partial charge is 0.322 e. The van der Waals surface area contributed by atoms with Crippen LogP contribution in [0.4, 0.5) is 20.6 Å². The van der Waals surface area contributed by atoms with Crippen LogP contribution >= 0.6 is 0 Å². The molecule has 1 atom stereocenters. The van der Waals surface area contributed by atoms with Crippen molar-refractivity contribution >= 4 is 29.2 Å². The Morgan fingerprint density at radius 3 is 2.59 bits per heavy atom. The monoisotopic (exact) mass is 509 g/mol.